The zero-order valence-electron chi connectivity index (χ0n) is 9.14. The number of nitrogen functional groups attached to an aromatic ring is 1. The summed E-state index contributed by atoms with van der Waals surface area (Å²) in [5.41, 5.74) is 7.25. The first kappa shape index (κ1) is 10.4. The van der Waals surface area contributed by atoms with E-state index in [9.17, 15) is 0 Å². The van der Waals surface area contributed by atoms with Crippen LogP contribution in [0.5, 0.6) is 11.6 Å². The van der Waals surface area contributed by atoms with Crippen LogP contribution in [0, 0.1) is 13.8 Å². The molecule has 0 saturated carbocycles. The minimum Gasteiger partial charge on any atom is -0.437 e. The highest BCUT2D eigenvalue weighted by Gasteiger charge is 2.04. The molecule has 0 radical (unpaired) electrons. The molecule has 0 aliphatic heterocycles. The van der Waals surface area contributed by atoms with Gasteiger partial charge >= 0.3 is 0 Å². The number of nitrogens with zero attached hydrogens (tertiary/aromatic N) is 3. The van der Waals surface area contributed by atoms with Gasteiger partial charge in [0.2, 0.25) is 11.8 Å². The van der Waals surface area contributed by atoms with Crippen molar-refractivity contribution in [2.75, 3.05) is 5.73 Å². The molecule has 2 aromatic heterocycles. The van der Waals surface area contributed by atoms with Crippen LogP contribution in [0.3, 0.4) is 0 Å². The van der Waals surface area contributed by atoms with E-state index in [0.29, 0.717) is 11.6 Å². The third kappa shape index (κ3) is 2.25. The average molecular weight is 216 g/mol. The van der Waals surface area contributed by atoms with Gasteiger partial charge in [0.1, 0.15) is 5.75 Å². The lowest BCUT2D eigenvalue weighted by molar-refractivity contribution is 0.456. The molecule has 2 N–H and O–H groups in total. The number of anilines is 1. The van der Waals surface area contributed by atoms with E-state index in [2.05, 4.69) is 15.0 Å². The molecular weight excluding hydrogens is 204 g/mol. The fourth-order valence-corrected chi connectivity index (χ4v) is 1.17. The van der Waals surface area contributed by atoms with Crippen molar-refractivity contribution < 1.29 is 4.74 Å². The van der Waals surface area contributed by atoms with E-state index < -0.39 is 0 Å². The third-order valence-electron chi connectivity index (χ3n) is 2.04. The molecule has 0 unspecified atom stereocenters. The van der Waals surface area contributed by atoms with Crippen LogP contribution in [0.25, 0.3) is 0 Å². The monoisotopic (exact) mass is 216 g/mol. The minimum absolute atomic E-state index is 0.195. The number of pyridine rings is 1. The summed E-state index contributed by atoms with van der Waals surface area (Å²) in [5.74, 6) is 1.28. The summed E-state index contributed by atoms with van der Waals surface area (Å²) in [6, 6.07) is 3.70. The Bertz CT molecular complexity index is 496. The largest absolute Gasteiger partial charge is 0.437 e. The molecule has 0 aliphatic carbocycles. The molecule has 0 aliphatic rings. The lowest BCUT2D eigenvalue weighted by Crippen LogP contribution is -1.99. The van der Waals surface area contributed by atoms with Crippen molar-refractivity contribution in [3.8, 4) is 11.6 Å². The van der Waals surface area contributed by atoms with Crippen LogP contribution in [0.2, 0.25) is 0 Å². The number of hydrogen-bond acceptors (Lipinski definition) is 5. The molecule has 0 aromatic carbocycles. The van der Waals surface area contributed by atoms with Gasteiger partial charge in [0.05, 0.1) is 6.20 Å². The Morgan fingerprint density at radius 3 is 2.62 bits per heavy atom. The van der Waals surface area contributed by atoms with Crippen LogP contribution in [0.4, 0.5) is 5.95 Å². The molecule has 2 heterocycles. The van der Waals surface area contributed by atoms with Crippen molar-refractivity contribution >= 4 is 5.95 Å². The molecular formula is C11H12N4O. The average Bonchev–Trinajstić information content (AvgIpc) is 2.27. The first-order chi connectivity index (χ1) is 7.65. The molecule has 5 heteroatoms. The molecule has 0 saturated heterocycles. The fraction of sp³-hybridized carbons (Fsp3) is 0.182. The third-order valence-corrected chi connectivity index (χ3v) is 2.04. The smallest absolute Gasteiger partial charge is 0.227 e. The molecule has 0 amide bonds. The summed E-state index contributed by atoms with van der Waals surface area (Å²) in [4.78, 5) is 12.0. The number of nitrogens with two attached hydrogens (primary N) is 1. The number of hydrogen-bond donors (Lipinski definition) is 1. The van der Waals surface area contributed by atoms with Crippen LogP contribution < -0.4 is 10.5 Å². The molecule has 0 atom stereocenters. The van der Waals surface area contributed by atoms with Crippen molar-refractivity contribution in [3.63, 3.8) is 0 Å². The standard InChI is InChI=1S/C11H12N4O/c1-7-5-14-11(12)15-10(7)16-9-4-3-8(2)13-6-9/h3-6H,1-2H3,(H2,12,14,15). The second-order valence-corrected chi connectivity index (χ2v) is 3.45. The SMILES string of the molecule is Cc1ccc(Oc2nc(N)ncc2C)cn1. The van der Waals surface area contributed by atoms with Gasteiger partial charge in [-0.2, -0.15) is 4.98 Å². The highest BCUT2D eigenvalue weighted by Crippen LogP contribution is 2.21. The lowest BCUT2D eigenvalue weighted by atomic mass is 10.3. The Morgan fingerprint density at radius 1 is 1.12 bits per heavy atom. The van der Waals surface area contributed by atoms with E-state index in [4.69, 9.17) is 10.5 Å². The van der Waals surface area contributed by atoms with Crippen LogP contribution in [0.1, 0.15) is 11.3 Å². The molecule has 0 bridgehead atoms. The molecule has 2 rings (SSSR count). The summed E-state index contributed by atoms with van der Waals surface area (Å²) in [6.45, 7) is 3.77. The molecule has 82 valence electrons. The van der Waals surface area contributed by atoms with Gasteiger partial charge in [-0.3, -0.25) is 4.98 Å². The number of rotatable bonds is 2. The van der Waals surface area contributed by atoms with Crippen LogP contribution in [-0.2, 0) is 0 Å². The highest BCUT2D eigenvalue weighted by atomic mass is 16.5. The number of ether oxygens (including phenoxy) is 1. The minimum atomic E-state index is 0.195. The Hall–Kier alpha value is -2.17. The van der Waals surface area contributed by atoms with E-state index >= 15 is 0 Å². The van der Waals surface area contributed by atoms with Gasteiger partial charge in [0.25, 0.3) is 0 Å². The highest BCUT2D eigenvalue weighted by molar-refractivity contribution is 5.33. The quantitative estimate of drug-likeness (QED) is 0.829. The Labute approximate surface area is 93.3 Å². The Balaban J connectivity index is 2.26. The van der Waals surface area contributed by atoms with E-state index in [1.807, 2.05) is 26.0 Å². The van der Waals surface area contributed by atoms with Gasteiger partial charge in [-0.05, 0) is 26.0 Å². The fourth-order valence-electron chi connectivity index (χ4n) is 1.17. The summed E-state index contributed by atoms with van der Waals surface area (Å²) in [5, 5.41) is 0. The van der Waals surface area contributed by atoms with E-state index in [1.165, 1.54) is 0 Å². The second kappa shape index (κ2) is 4.14. The maximum atomic E-state index is 5.55. The maximum absolute atomic E-state index is 5.55. The maximum Gasteiger partial charge on any atom is 0.227 e. The predicted molar refractivity (Wildman–Crippen MR) is 60.2 cm³/mol. The molecule has 0 spiro atoms. The lowest BCUT2D eigenvalue weighted by Gasteiger charge is -2.07. The molecule has 0 fully saturated rings. The summed E-state index contributed by atoms with van der Waals surface area (Å²) >= 11 is 0. The van der Waals surface area contributed by atoms with Gasteiger partial charge in [-0.25, -0.2) is 4.98 Å². The van der Waals surface area contributed by atoms with E-state index in [1.54, 1.807) is 12.4 Å². The summed E-state index contributed by atoms with van der Waals surface area (Å²) in [7, 11) is 0. The van der Waals surface area contributed by atoms with Crippen molar-refractivity contribution in [1.82, 2.24) is 15.0 Å². The number of aryl methyl sites for hydroxylation is 2. The van der Waals surface area contributed by atoms with Gasteiger partial charge < -0.3 is 10.5 Å². The zero-order chi connectivity index (χ0) is 11.5. The van der Waals surface area contributed by atoms with E-state index in [-0.39, 0.29) is 5.95 Å². The predicted octanol–water partition coefficient (Wildman–Crippen LogP) is 1.86. The summed E-state index contributed by atoms with van der Waals surface area (Å²) < 4.78 is 5.55. The molecule has 5 nitrogen and oxygen atoms in total. The van der Waals surface area contributed by atoms with Crippen LogP contribution in [-0.4, -0.2) is 15.0 Å². The summed E-state index contributed by atoms with van der Waals surface area (Å²) in [6.07, 6.45) is 3.27. The van der Waals surface area contributed by atoms with Crippen LogP contribution >= 0.6 is 0 Å². The zero-order valence-corrected chi connectivity index (χ0v) is 9.14. The van der Waals surface area contributed by atoms with Gasteiger partial charge in [0.15, 0.2) is 0 Å². The van der Waals surface area contributed by atoms with Crippen LogP contribution in [0.15, 0.2) is 24.5 Å². The van der Waals surface area contributed by atoms with Crippen molar-refractivity contribution in [1.29, 1.82) is 0 Å². The van der Waals surface area contributed by atoms with E-state index in [0.717, 1.165) is 11.3 Å². The van der Waals surface area contributed by atoms with Gasteiger partial charge in [-0.1, -0.05) is 0 Å². The first-order valence-corrected chi connectivity index (χ1v) is 4.85. The first-order valence-electron chi connectivity index (χ1n) is 4.85. The topological polar surface area (TPSA) is 73.9 Å². The van der Waals surface area contributed by atoms with Gasteiger partial charge in [-0.15, -0.1) is 0 Å². The number of aromatic nitrogens is 3. The van der Waals surface area contributed by atoms with Gasteiger partial charge in [0, 0.05) is 17.5 Å². The van der Waals surface area contributed by atoms with Crippen molar-refractivity contribution in [3.05, 3.63) is 35.8 Å². The molecule has 16 heavy (non-hydrogen) atoms. The second-order valence-electron chi connectivity index (χ2n) is 3.45. The van der Waals surface area contributed by atoms with Crippen molar-refractivity contribution in [2.45, 2.75) is 13.8 Å². The Kier molecular flexibility index (Phi) is 2.68. The normalized spacial score (nSPS) is 10.1. The molecule has 2 aromatic rings. The Morgan fingerprint density at radius 2 is 1.94 bits per heavy atom. The van der Waals surface area contributed by atoms with Crippen molar-refractivity contribution in [2.24, 2.45) is 0 Å².